The quantitative estimate of drug-likeness (QED) is 0.664. The molecule has 0 aromatic heterocycles. The van der Waals surface area contributed by atoms with Crippen LogP contribution in [-0.2, 0) is 14.3 Å². The number of aliphatic hydroxyl groups excluding tert-OH is 1. The van der Waals surface area contributed by atoms with Gasteiger partial charge in [0.05, 0.1) is 30.8 Å². The van der Waals surface area contributed by atoms with E-state index in [1.807, 2.05) is 13.8 Å². The van der Waals surface area contributed by atoms with E-state index in [2.05, 4.69) is 0 Å². The van der Waals surface area contributed by atoms with Crippen LogP contribution in [0, 0.1) is 0 Å². The molecule has 2 rings (SSSR count). The summed E-state index contributed by atoms with van der Waals surface area (Å²) in [6, 6.07) is 0. The molecule has 0 aliphatic carbocycles. The third kappa shape index (κ3) is 2.21. The molecule has 2 heterocycles. The van der Waals surface area contributed by atoms with Gasteiger partial charge in [0.15, 0.2) is 5.79 Å². The highest BCUT2D eigenvalue weighted by Crippen LogP contribution is 2.37. The number of carbonyl (C=O) groups is 1. The third-order valence-corrected chi connectivity index (χ3v) is 2.68. The van der Waals surface area contributed by atoms with Gasteiger partial charge in [-0.25, -0.2) is 0 Å². The number of hydrogen-bond donors (Lipinski definition) is 1. The number of rotatable bonds is 0. The van der Waals surface area contributed by atoms with Crippen LogP contribution >= 0.6 is 0 Å². The summed E-state index contributed by atoms with van der Waals surface area (Å²) in [7, 11) is 0. The molecule has 0 amide bonds. The van der Waals surface area contributed by atoms with Gasteiger partial charge in [0.1, 0.15) is 5.78 Å². The highest BCUT2D eigenvalue weighted by Gasteiger charge is 2.44. The maximum absolute atomic E-state index is 11.5. The van der Waals surface area contributed by atoms with E-state index in [1.165, 1.54) is 0 Å². The second kappa shape index (κ2) is 3.61. The molecule has 4 heteroatoms. The van der Waals surface area contributed by atoms with Crippen molar-refractivity contribution in [2.24, 2.45) is 0 Å². The Morgan fingerprint density at radius 3 is 2.73 bits per heavy atom. The Bertz CT molecular complexity index is 310. The van der Waals surface area contributed by atoms with E-state index in [-0.39, 0.29) is 36.6 Å². The number of ketones is 1. The van der Waals surface area contributed by atoms with Crippen LogP contribution in [0.3, 0.4) is 0 Å². The lowest BCUT2D eigenvalue weighted by molar-refractivity contribution is -0.284. The number of hydrogen-bond acceptors (Lipinski definition) is 4. The first kappa shape index (κ1) is 10.6. The fourth-order valence-electron chi connectivity index (χ4n) is 2.34. The fourth-order valence-corrected chi connectivity index (χ4v) is 2.34. The minimum absolute atomic E-state index is 0.135. The fraction of sp³-hybridized carbons (Fsp3) is 0.727. The predicted octanol–water partition coefficient (Wildman–Crippen LogP) is 1.70. The zero-order chi connectivity index (χ0) is 11.1. The van der Waals surface area contributed by atoms with Crippen LogP contribution < -0.4 is 0 Å². The molecule has 0 radical (unpaired) electrons. The van der Waals surface area contributed by atoms with E-state index in [1.54, 1.807) is 6.08 Å². The molecule has 3 atom stereocenters. The van der Waals surface area contributed by atoms with Crippen LogP contribution in [0.25, 0.3) is 0 Å². The number of carbonyl (C=O) groups excluding carboxylic acids is 1. The van der Waals surface area contributed by atoms with E-state index in [0.29, 0.717) is 6.42 Å². The molecule has 1 fully saturated rings. The van der Waals surface area contributed by atoms with Gasteiger partial charge in [0.25, 0.3) is 0 Å². The first-order valence-corrected chi connectivity index (χ1v) is 5.26. The molecular weight excluding hydrogens is 196 g/mol. The predicted molar refractivity (Wildman–Crippen MR) is 53.4 cm³/mol. The second-order valence-corrected chi connectivity index (χ2v) is 4.42. The summed E-state index contributed by atoms with van der Waals surface area (Å²) in [6.07, 6.45) is 2.23. The summed E-state index contributed by atoms with van der Waals surface area (Å²) in [4.78, 5) is 11.5. The lowest BCUT2D eigenvalue weighted by Gasteiger charge is -2.42. The van der Waals surface area contributed by atoms with Crippen molar-refractivity contribution in [3.63, 3.8) is 0 Å². The van der Waals surface area contributed by atoms with Gasteiger partial charge in [0, 0.05) is 6.42 Å². The summed E-state index contributed by atoms with van der Waals surface area (Å²) in [5.74, 6) is -0.543. The average molecular weight is 212 g/mol. The molecule has 0 unspecified atom stereocenters. The zero-order valence-electron chi connectivity index (χ0n) is 9.03. The first-order chi connectivity index (χ1) is 6.99. The summed E-state index contributed by atoms with van der Waals surface area (Å²) >= 11 is 0. The molecule has 84 valence electrons. The molecule has 1 N–H and O–H groups in total. The summed E-state index contributed by atoms with van der Waals surface area (Å²) in [5, 5.41) is 9.56. The van der Waals surface area contributed by atoms with Crippen molar-refractivity contribution < 1.29 is 19.4 Å². The van der Waals surface area contributed by atoms with Gasteiger partial charge in [-0.3, -0.25) is 4.79 Å². The Hall–Kier alpha value is -0.870. The van der Waals surface area contributed by atoms with E-state index in [4.69, 9.17) is 9.47 Å². The van der Waals surface area contributed by atoms with Gasteiger partial charge >= 0.3 is 0 Å². The normalized spacial score (nSPS) is 41.7. The Labute approximate surface area is 88.9 Å². The molecule has 15 heavy (non-hydrogen) atoms. The lowest BCUT2D eigenvalue weighted by Crippen LogP contribution is -2.49. The molecule has 0 aromatic carbocycles. The zero-order valence-corrected chi connectivity index (χ0v) is 9.03. The topological polar surface area (TPSA) is 55.8 Å². The van der Waals surface area contributed by atoms with Crippen molar-refractivity contribution in [2.45, 2.75) is 51.1 Å². The Morgan fingerprint density at radius 2 is 2.13 bits per heavy atom. The van der Waals surface area contributed by atoms with Crippen molar-refractivity contribution in [3.05, 3.63) is 11.8 Å². The van der Waals surface area contributed by atoms with Gasteiger partial charge < -0.3 is 14.6 Å². The van der Waals surface area contributed by atoms with E-state index >= 15 is 0 Å². The lowest BCUT2D eigenvalue weighted by atomic mass is 9.95. The number of ether oxygens (including phenoxy) is 2. The van der Waals surface area contributed by atoms with Crippen LogP contribution in [0.1, 0.15) is 33.1 Å². The molecule has 2 aliphatic rings. The van der Waals surface area contributed by atoms with E-state index in [9.17, 15) is 9.90 Å². The molecule has 0 bridgehead atoms. The van der Waals surface area contributed by atoms with E-state index in [0.717, 1.165) is 0 Å². The van der Waals surface area contributed by atoms with Gasteiger partial charge in [-0.1, -0.05) is 0 Å². The largest absolute Gasteiger partial charge is 0.512 e. The smallest absolute Gasteiger partial charge is 0.183 e. The highest BCUT2D eigenvalue weighted by atomic mass is 16.7. The second-order valence-electron chi connectivity index (χ2n) is 4.42. The van der Waals surface area contributed by atoms with Crippen molar-refractivity contribution in [1.29, 1.82) is 0 Å². The van der Waals surface area contributed by atoms with Crippen molar-refractivity contribution in [2.75, 3.05) is 0 Å². The minimum atomic E-state index is -0.924. The van der Waals surface area contributed by atoms with Crippen LogP contribution in [0.4, 0.5) is 0 Å². The molecule has 0 saturated carbocycles. The Balaban J connectivity index is 2.19. The Kier molecular flexibility index (Phi) is 2.56. The van der Waals surface area contributed by atoms with Gasteiger partial charge in [-0.2, -0.15) is 0 Å². The summed E-state index contributed by atoms with van der Waals surface area (Å²) in [5.41, 5.74) is 0. The van der Waals surface area contributed by atoms with Gasteiger partial charge in [-0.15, -0.1) is 0 Å². The maximum Gasteiger partial charge on any atom is 0.183 e. The average Bonchev–Trinajstić information content (AvgIpc) is 1.96. The van der Waals surface area contributed by atoms with Crippen molar-refractivity contribution in [3.8, 4) is 0 Å². The third-order valence-electron chi connectivity index (χ3n) is 2.68. The monoisotopic (exact) mass is 212 g/mol. The molecule has 0 aromatic rings. The van der Waals surface area contributed by atoms with E-state index < -0.39 is 5.79 Å². The first-order valence-electron chi connectivity index (χ1n) is 5.26. The summed E-state index contributed by atoms with van der Waals surface area (Å²) < 4.78 is 11.3. The Morgan fingerprint density at radius 1 is 1.40 bits per heavy atom. The van der Waals surface area contributed by atoms with Crippen LogP contribution in [0.2, 0.25) is 0 Å². The molecule has 2 aliphatic heterocycles. The molecule has 1 spiro atoms. The number of Topliss-reactive ketones (excluding diaryl/α,β-unsaturated/α-hetero) is 1. The van der Waals surface area contributed by atoms with Gasteiger partial charge in [0.2, 0.25) is 0 Å². The van der Waals surface area contributed by atoms with Crippen molar-refractivity contribution in [1.82, 2.24) is 0 Å². The summed E-state index contributed by atoms with van der Waals surface area (Å²) in [6.45, 7) is 3.67. The standard InChI is InChI=1S/C11H16O4/c1-7-3-9(12)5-11(14-7)6-10(13)4-8(2)15-11/h3,7-8,12H,4-6H2,1-2H3/t7-,8-,11+/m1/s1. The van der Waals surface area contributed by atoms with Crippen LogP contribution in [0.5, 0.6) is 0 Å². The minimum Gasteiger partial charge on any atom is -0.512 e. The maximum atomic E-state index is 11.5. The molecule has 1 saturated heterocycles. The molecule has 4 nitrogen and oxygen atoms in total. The van der Waals surface area contributed by atoms with Crippen molar-refractivity contribution >= 4 is 5.78 Å². The van der Waals surface area contributed by atoms with Crippen LogP contribution in [0.15, 0.2) is 11.8 Å². The SMILES string of the molecule is C[C@@H]1C=C(O)C[C@]2(CC(=O)C[C@@H](C)O2)O1. The molecular formula is C11H16O4. The van der Waals surface area contributed by atoms with Gasteiger partial charge in [-0.05, 0) is 19.9 Å². The highest BCUT2D eigenvalue weighted by molar-refractivity contribution is 5.80. The van der Waals surface area contributed by atoms with Crippen LogP contribution in [-0.4, -0.2) is 28.9 Å². The number of aliphatic hydroxyl groups is 1.